The van der Waals surface area contributed by atoms with Crippen LogP contribution in [0.3, 0.4) is 0 Å². The molecule has 0 aliphatic heterocycles. The Labute approximate surface area is 177 Å². The van der Waals surface area contributed by atoms with Crippen molar-refractivity contribution in [3.8, 4) is 0 Å². The van der Waals surface area contributed by atoms with Gasteiger partial charge in [-0.25, -0.2) is 16.8 Å². The van der Waals surface area contributed by atoms with E-state index in [0.29, 0.717) is 38.5 Å². The summed E-state index contributed by atoms with van der Waals surface area (Å²) in [5.74, 6) is -1.10. The molecule has 4 rings (SSSR count). The van der Waals surface area contributed by atoms with Crippen LogP contribution >= 0.6 is 0 Å². The maximum atomic E-state index is 11.6. The molecule has 6 N–H and O–H groups in total. The van der Waals surface area contributed by atoms with Gasteiger partial charge in [0.2, 0.25) is 20.0 Å². The number of carbonyl (C=O) groups excluding carboxylic acids is 2. The van der Waals surface area contributed by atoms with E-state index < -0.39 is 48.2 Å². The third-order valence-corrected chi connectivity index (χ3v) is 9.87. The lowest BCUT2D eigenvalue weighted by atomic mass is 10.2. The van der Waals surface area contributed by atoms with Crippen LogP contribution < -0.4 is 20.9 Å². The quantitative estimate of drug-likeness (QED) is 0.339. The van der Waals surface area contributed by atoms with Crippen molar-refractivity contribution in [2.24, 2.45) is 23.3 Å². The third kappa shape index (κ3) is 4.71. The molecule has 170 valence electrons. The van der Waals surface area contributed by atoms with E-state index in [-0.39, 0.29) is 17.1 Å². The summed E-state index contributed by atoms with van der Waals surface area (Å²) in [5.41, 5.74) is 9.54. The predicted octanol–water partition coefficient (Wildman–Crippen LogP) is -0.780. The fourth-order valence-corrected chi connectivity index (χ4v) is 6.11. The molecule has 4 fully saturated rings. The minimum absolute atomic E-state index is 0.105. The van der Waals surface area contributed by atoms with Gasteiger partial charge in [0.1, 0.15) is 5.54 Å². The number of amides is 2. The van der Waals surface area contributed by atoms with Crippen LogP contribution in [0.1, 0.15) is 51.9 Å². The minimum atomic E-state index is -3.47. The molecule has 4 aliphatic rings. The summed E-state index contributed by atoms with van der Waals surface area (Å²) in [6.07, 6.45) is 6.03. The zero-order valence-corrected chi connectivity index (χ0v) is 18.6. The molecule has 30 heavy (non-hydrogen) atoms. The molecular formula is C18H30N4O6S2. The van der Waals surface area contributed by atoms with Crippen molar-refractivity contribution < 1.29 is 26.4 Å². The smallest absolute Gasteiger partial charge is 0.254 e. The Bertz CT molecular complexity index is 957. The first-order valence-corrected chi connectivity index (χ1v) is 13.2. The van der Waals surface area contributed by atoms with Crippen LogP contribution in [0.5, 0.6) is 0 Å². The Morgan fingerprint density at radius 1 is 0.933 bits per heavy atom. The molecule has 4 atom stereocenters. The van der Waals surface area contributed by atoms with E-state index >= 15 is 0 Å². The van der Waals surface area contributed by atoms with Gasteiger partial charge >= 0.3 is 0 Å². The molecule has 10 nitrogen and oxygen atoms in total. The molecule has 0 radical (unpaired) electrons. The van der Waals surface area contributed by atoms with Crippen molar-refractivity contribution in [1.29, 1.82) is 0 Å². The SMILES string of the molecule is C=C[C@H]1C[C@@]1(N)C(=O)NS(=O)(=O)C1CC1.CC[C@H]1C[C@@]1(N)C(=O)NS(=O)(=O)C1CC1. The number of carbonyl (C=O) groups is 2. The molecule has 0 bridgehead atoms. The van der Waals surface area contributed by atoms with Crippen LogP contribution in [0.4, 0.5) is 0 Å². The number of nitrogens with one attached hydrogen (secondary N) is 2. The topological polar surface area (TPSA) is 179 Å². The Morgan fingerprint density at radius 2 is 1.37 bits per heavy atom. The Kier molecular flexibility index (Phi) is 5.85. The lowest BCUT2D eigenvalue weighted by molar-refractivity contribution is -0.122. The minimum Gasteiger partial charge on any atom is -0.317 e. The highest BCUT2D eigenvalue weighted by molar-refractivity contribution is 7.91. The molecule has 4 saturated carbocycles. The van der Waals surface area contributed by atoms with Gasteiger partial charge < -0.3 is 11.5 Å². The fraction of sp³-hybridized carbons (Fsp3) is 0.778. The maximum absolute atomic E-state index is 11.6. The van der Waals surface area contributed by atoms with E-state index in [1.807, 2.05) is 11.6 Å². The van der Waals surface area contributed by atoms with Gasteiger partial charge in [-0.3, -0.25) is 19.0 Å². The average Bonchev–Trinajstić information content (AvgIpc) is 3.51. The van der Waals surface area contributed by atoms with Gasteiger partial charge in [0.15, 0.2) is 0 Å². The molecule has 0 heterocycles. The molecule has 0 aromatic rings. The van der Waals surface area contributed by atoms with Crippen LogP contribution in [0.25, 0.3) is 0 Å². The maximum Gasteiger partial charge on any atom is 0.254 e. The van der Waals surface area contributed by atoms with Crippen molar-refractivity contribution >= 4 is 31.9 Å². The second-order valence-corrected chi connectivity index (χ2v) is 12.7. The van der Waals surface area contributed by atoms with Gasteiger partial charge in [0, 0.05) is 5.92 Å². The summed E-state index contributed by atoms with van der Waals surface area (Å²) in [6.45, 7) is 5.48. The zero-order valence-electron chi connectivity index (χ0n) is 17.0. The summed E-state index contributed by atoms with van der Waals surface area (Å²) in [4.78, 5) is 23.2. The van der Waals surface area contributed by atoms with E-state index in [1.165, 1.54) is 0 Å². The largest absolute Gasteiger partial charge is 0.317 e. The van der Waals surface area contributed by atoms with Gasteiger partial charge in [0.05, 0.1) is 16.0 Å². The molecule has 0 aromatic heterocycles. The molecule has 4 aliphatic carbocycles. The molecule has 0 unspecified atom stereocenters. The van der Waals surface area contributed by atoms with Crippen molar-refractivity contribution in [2.45, 2.75) is 73.4 Å². The van der Waals surface area contributed by atoms with E-state index in [2.05, 4.69) is 11.3 Å². The standard InChI is InChI=1S/C9H16N2O3S.C9H14N2O3S/c2*1-2-6-5-9(6,10)8(12)11-15(13,14)7-3-4-7/h6-7H,2-5,10H2,1H3,(H,11,12);2,6-7H,1,3-5,10H2,(H,11,12)/t2*6-,9-/m00/s1. The molecule has 0 aromatic carbocycles. The van der Waals surface area contributed by atoms with Gasteiger partial charge in [-0.1, -0.05) is 19.4 Å². The second-order valence-electron chi connectivity index (χ2n) is 8.79. The van der Waals surface area contributed by atoms with Crippen LogP contribution in [-0.4, -0.2) is 50.2 Å². The summed E-state index contributed by atoms with van der Waals surface area (Å²) in [7, 11) is -6.92. The Hall–Kier alpha value is -1.50. The van der Waals surface area contributed by atoms with Crippen molar-refractivity contribution in [2.75, 3.05) is 0 Å². The molecule has 2 amide bonds. The molecule has 0 saturated heterocycles. The predicted molar refractivity (Wildman–Crippen MR) is 111 cm³/mol. The molecule has 0 spiro atoms. The number of sulfonamides is 2. The molecule has 12 heteroatoms. The van der Waals surface area contributed by atoms with E-state index in [0.717, 1.165) is 6.42 Å². The van der Waals surface area contributed by atoms with E-state index in [9.17, 15) is 26.4 Å². The lowest BCUT2D eigenvalue weighted by Gasteiger charge is -2.11. The summed E-state index contributed by atoms with van der Waals surface area (Å²) in [6, 6.07) is 0. The van der Waals surface area contributed by atoms with Crippen LogP contribution in [-0.2, 0) is 29.6 Å². The first-order chi connectivity index (χ1) is 13.8. The highest BCUT2D eigenvalue weighted by Gasteiger charge is 2.58. The van der Waals surface area contributed by atoms with Crippen molar-refractivity contribution in [1.82, 2.24) is 9.44 Å². The van der Waals surface area contributed by atoms with Gasteiger partial charge in [-0.2, -0.15) is 0 Å². The summed E-state index contributed by atoms with van der Waals surface area (Å²) in [5, 5.41) is -0.769. The van der Waals surface area contributed by atoms with Crippen molar-refractivity contribution in [3.05, 3.63) is 12.7 Å². The van der Waals surface area contributed by atoms with Crippen LogP contribution in [0, 0.1) is 11.8 Å². The van der Waals surface area contributed by atoms with Crippen LogP contribution in [0.15, 0.2) is 12.7 Å². The normalized spacial score (nSPS) is 34.8. The molecular weight excluding hydrogens is 432 g/mol. The third-order valence-electron chi connectivity index (χ3n) is 6.23. The van der Waals surface area contributed by atoms with Gasteiger partial charge in [-0.15, -0.1) is 6.58 Å². The van der Waals surface area contributed by atoms with Gasteiger partial charge in [-0.05, 0) is 44.4 Å². The number of hydrogen-bond donors (Lipinski definition) is 4. The van der Waals surface area contributed by atoms with E-state index in [4.69, 9.17) is 11.5 Å². The first-order valence-electron chi connectivity index (χ1n) is 10.1. The Morgan fingerprint density at radius 3 is 1.67 bits per heavy atom. The number of rotatable bonds is 8. The fourth-order valence-electron chi connectivity index (χ4n) is 3.37. The van der Waals surface area contributed by atoms with Crippen molar-refractivity contribution in [3.63, 3.8) is 0 Å². The highest BCUT2D eigenvalue weighted by Crippen LogP contribution is 2.44. The van der Waals surface area contributed by atoms with Gasteiger partial charge in [0.25, 0.3) is 11.8 Å². The number of hydrogen-bond acceptors (Lipinski definition) is 8. The van der Waals surface area contributed by atoms with E-state index in [1.54, 1.807) is 6.08 Å². The average molecular weight is 463 g/mol. The van der Waals surface area contributed by atoms with Crippen LogP contribution in [0.2, 0.25) is 0 Å². The second kappa shape index (κ2) is 7.57. The first kappa shape index (κ1) is 23.2. The zero-order chi connectivity index (χ0) is 22.5. The number of nitrogens with two attached hydrogens (primary N) is 2. The summed E-state index contributed by atoms with van der Waals surface area (Å²) < 4.78 is 50.0. The summed E-state index contributed by atoms with van der Waals surface area (Å²) >= 11 is 0. The highest BCUT2D eigenvalue weighted by atomic mass is 32.2. The lowest BCUT2D eigenvalue weighted by Crippen LogP contribution is -2.47. The Balaban J connectivity index is 0.000000171. The monoisotopic (exact) mass is 462 g/mol.